The topological polar surface area (TPSA) is 37.3 Å². The lowest BCUT2D eigenvalue weighted by Crippen LogP contribution is -1.92. The Morgan fingerprint density at radius 2 is 2.00 bits per heavy atom. The van der Waals surface area contributed by atoms with Crippen molar-refractivity contribution in [3.8, 4) is 0 Å². The molecule has 0 aliphatic rings. The lowest BCUT2D eigenvalue weighted by molar-refractivity contribution is -0.134. The smallest absolute Gasteiger partial charge is 0.365 e. The minimum Gasteiger partial charge on any atom is -0.476 e. The molecule has 0 bridgehead atoms. The average molecular weight is 198 g/mol. The maximum atomic E-state index is 12.5. The van der Waals surface area contributed by atoms with Crippen molar-refractivity contribution >= 4 is 17.7 Å². The highest BCUT2D eigenvalue weighted by Gasteiger charge is 2.03. The van der Waals surface area contributed by atoms with Crippen LogP contribution in [0.3, 0.4) is 0 Å². The number of halogens is 1. The summed E-state index contributed by atoms with van der Waals surface area (Å²) in [5.74, 6) is -2.68. The van der Waals surface area contributed by atoms with E-state index in [0.717, 1.165) is 22.1 Å². The molecule has 0 saturated carbocycles. The first kappa shape index (κ1) is 9.80. The average Bonchev–Trinajstić information content (AvgIpc) is 2.15. The fourth-order valence-corrected chi connectivity index (χ4v) is 1.32. The van der Waals surface area contributed by atoms with Gasteiger partial charge in [-0.2, -0.15) is 4.39 Å². The van der Waals surface area contributed by atoms with Crippen molar-refractivity contribution in [2.45, 2.75) is 4.90 Å². The Labute approximate surface area is 79.1 Å². The fourth-order valence-electron chi connectivity index (χ4n) is 0.669. The van der Waals surface area contributed by atoms with Gasteiger partial charge in [0.2, 0.25) is 5.83 Å². The van der Waals surface area contributed by atoms with E-state index >= 15 is 0 Å². The third kappa shape index (κ3) is 3.29. The summed E-state index contributed by atoms with van der Waals surface area (Å²) in [5, 5.41) is 9.17. The first-order valence-electron chi connectivity index (χ1n) is 3.51. The number of hydrogen-bond acceptors (Lipinski definition) is 2. The number of aliphatic carboxylic acids is 1. The number of carbonyl (C=O) groups is 1. The predicted octanol–water partition coefficient (Wildman–Crippen LogP) is 2.67. The Bertz CT molecular complexity index is 322. The second-order valence-electron chi connectivity index (χ2n) is 2.20. The summed E-state index contributed by atoms with van der Waals surface area (Å²) >= 11 is 1.04. The van der Waals surface area contributed by atoms with E-state index in [2.05, 4.69) is 0 Å². The van der Waals surface area contributed by atoms with Crippen LogP contribution in [-0.4, -0.2) is 11.1 Å². The quantitative estimate of drug-likeness (QED) is 0.599. The van der Waals surface area contributed by atoms with Gasteiger partial charge in [0, 0.05) is 10.3 Å². The maximum Gasteiger partial charge on any atom is 0.365 e. The molecule has 0 heterocycles. The standard InChI is InChI=1S/C9H7FO2S/c10-8(9(11)12)6-13-7-4-2-1-3-5-7/h1-6H,(H,11,12). The van der Waals surface area contributed by atoms with Crippen LogP contribution in [0.1, 0.15) is 0 Å². The van der Waals surface area contributed by atoms with E-state index in [1.807, 2.05) is 6.07 Å². The summed E-state index contributed by atoms with van der Waals surface area (Å²) in [6, 6.07) is 8.98. The van der Waals surface area contributed by atoms with Crippen molar-refractivity contribution in [2.24, 2.45) is 0 Å². The maximum absolute atomic E-state index is 12.5. The summed E-state index contributed by atoms with van der Waals surface area (Å²) in [4.78, 5) is 10.9. The molecule has 4 heteroatoms. The van der Waals surface area contributed by atoms with Crippen LogP contribution in [0, 0.1) is 0 Å². The summed E-state index contributed by atoms with van der Waals surface area (Å²) in [6.07, 6.45) is 0. The lowest BCUT2D eigenvalue weighted by Gasteiger charge is -1.93. The molecule has 0 spiro atoms. The number of rotatable bonds is 3. The number of thioether (sulfide) groups is 1. The Kier molecular flexibility index (Phi) is 3.52. The summed E-state index contributed by atoms with van der Waals surface area (Å²) in [5.41, 5.74) is 0. The van der Waals surface area contributed by atoms with Gasteiger partial charge in [0.1, 0.15) is 0 Å². The van der Waals surface area contributed by atoms with Crippen LogP contribution in [0.15, 0.2) is 46.5 Å². The van der Waals surface area contributed by atoms with Gasteiger partial charge in [0.05, 0.1) is 0 Å². The molecule has 0 atom stereocenters. The van der Waals surface area contributed by atoms with Crippen LogP contribution in [-0.2, 0) is 4.79 Å². The Balaban J connectivity index is 2.62. The molecule has 0 amide bonds. The molecule has 13 heavy (non-hydrogen) atoms. The van der Waals surface area contributed by atoms with Gasteiger partial charge in [-0.1, -0.05) is 30.0 Å². The van der Waals surface area contributed by atoms with Crippen molar-refractivity contribution in [1.29, 1.82) is 0 Å². The molecule has 0 radical (unpaired) electrons. The highest BCUT2D eigenvalue weighted by Crippen LogP contribution is 2.20. The van der Waals surface area contributed by atoms with Gasteiger partial charge in [0.15, 0.2) is 0 Å². The molecule has 1 aromatic carbocycles. The van der Waals surface area contributed by atoms with E-state index < -0.39 is 11.8 Å². The monoisotopic (exact) mass is 198 g/mol. The van der Waals surface area contributed by atoms with Crippen LogP contribution < -0.4 is 0 Å². The molecule has 0 fully saturated rings. The Morgan fingerprint density at radius 1 is 1.38 bits per heavy atom. The molecule has 1 aromatic rings. The van der Waals surface area contributed by atoms with E-state index in [0.29, 0.717) is 0 Å². The highest BCUT2D eigenvalue weighted by atomic mass is 32.2. The summed E-state index contributed by atoms with van der Waals surface area (Å²) in [7, 11) is 0. The molecule has 0 aliphatic heterocycles. The van der Waals surface area contributed by atoms with Gasteiger partial charge >= 0.3 is 5.97 Å². The van der Waals surface area contributed by atoms with Gasteiger partial charge in [-0.25, -0.2) is 4.79 Å². The highest BCUT2D eigenvalue weighted by molar-refractivity contribution is 8.02. The Hall–Kier alpha value is -1.29. The van der Waals surface area contributed by atoms with Gasteiger partial charge in [-0.15, -0.1) is 0 Å². The normalized spacial score (nSPS) is 11.3. The zero-order valence-electron chi connectivity index (χ0n) is 6.61. The molecule has 1 rings (SSSR count). The molecule has 1 N–H and O–H groups in total. The third-order valence-electron chi connectivity index (χ3n) is 1.25. The second kappa shape index (κ2) is 4.67. The van der Waals surface area contributed by atoms with Crippen LogP contribution in [0.2, 0.25) is 0 Å². The molecule has 68 valence electrons. The van der Waals surface area contributed by atoms with E-state index in [1.165, 1.54) is 0 Å². The zero-order chi connectivity index (χ0) is 9.68. The second-order valence-corrected chi connectivity index (χ2v) is 3.14. The third-order valence-corrected chi connectivity index (χ3v) is 2.12. The number of benzene rings is 1. The minimum absolute atomic E-state index is 0.805. The van der Waals surface area contributed by atoms with Gasteiger partial charge in [-0.05, 0) is 12.1 Å². The van der Waals surface area contributed by atoms with E-state index in [-0.39, 0.29) is 0 Å². The zero-order valence-corrected chi connectivity index (χ0v) is 7.42. The number of carboxylic acid groups (broad SMARTS) is 1. The van der Waals surface area contributed by atoms with E-state index in [4.69, 9.17) is 5.11 Å². The van der Waals surface area contributed by atoms with Gasteiger partial charge in [-0.3, -0.25) is 0 Å². The molecule has 0 unspecified atom stereocenters. The van der Waals surface area contributed by atoms with Gasteiger partial charge in [0.25, 0.3) is 0 Å². The Morgan fingerprint density at radius 3 is 2.54 bits per heavy atom. The number of hydrogen-bond donors (Lipinski definition) is 1. The van der Waals surface area contributed by atoms with Crippen molar-refractivity contribution < 1.29 is 14.3 Å². The van der Waals surface area contributed by atoms with Crippen LogP contribution >= 0.6 is 11.8 Å². The van der Waals surface area contributed by atoms with Crippen LogP contribution in [0.4, 0.5) is 4.39 Å². The molecular weight excluding hydrogens is 191 g/mol. The number of carboxylic acids is 1. The minimum atomic E-state index is -1.54. The largest absolute Gasteiger partial charge is 0.476 e. The molecular formula is C9H7FO2S. The van der Waals surface area contributed by atoms with Crippen LogP contribution in [0.5, 0.6) is 0 Å². The lowest BCUT2D eigenvalue weighted by atomic mass is 10.4. The molecule has 0 aromatic heterocycles. The molecule has 2 nitrogen and oxygen atoms in total. The van der Waals surface area contributed by atoms with E-state index in [1.54, 1.807) is 24.3 Å². The van der Waals surface area contributed by atoms with Crippen molar-refractivity contribution in [2.75, 3.05) is 0 Å². The molecule has 0 saturated heterocycles. The van der Waals surface area contributed by atoms with Crippen molar-refractivity contribution in [3.05, 3.63) is 41.6 Å². The predicted molar refractivity (Wildman–Crippen MR) is 49.1 cm³/mol. The van der Waals surface area contributed by atoms with E-state index in [9.17, 15) is 9.18 Å². The van der Waals surface area contributed by atoms with Gasteiger partial charge < -0.3 is 5.11 Å². The van der Waals surface area contributed by atoms with Crippen molar-refractivity contribution in [3.63, 3.8) is 0 Å². The fraction of sp³-hybridized carbons (Fsp3) is 0. The SMILES string of the molecule is O=C(O)C(F)=CSc1ccccc1. The van der Waals surface area contributed by atoms with Crippen LogP contribution in [0.25, 0.3) is 0 Å². The summed E-state index contributed by atoms with van der Waals surface area (Å²) < 4.78 is 12.5. The van der Waals surface area contributed by atoms with Crippen molar-refractivity contribution in [1.82, 2.24) is 0 Å². The molecule has 0 aliphatic carbocycles. The summed E-state index contributed by atoms with van der Waals surface area (Å²) in [6.45, 7) is 0. The first-order valence-corrected chi connectivity index (χ1v) is 4.39. The first-order chi connectivity index (χ1) is 6.20.